The zero-order valence-corrected chi connectivity index (χ0v) is 13.6. The number of aromatic nitrogens is 1. The van der Waals surface area contributed by atoms with Crippen molar-refractivity contribution in [1.29, 1.82) is 0 Å². The monoisotopic (exact) mass is 325 g/mol. The van der Waals surface area contributed by atoms with Gasteiger partial charge in [0.15, 0.2) is 17.7 Å². The van der Waals surface area contributed by atoms with Crippen molar-refractivity contribution in [2.24, 2.45) is 7.05 Å². The molecule has 0 N–H and O–H groups in total. The molecule has 0 radical (unpaired) electrons. The van der Waals surface area contributed by atoms with Crippen LogP contribution in [0.1, 0.15) is 0 Å². The van der Waals surface area contributed by atoms with Crippen molar-refractivity contribution in [3.63, 3.8) is 0 Å². The Balaban J connectivity index is 2.20. The predicted octanol–water partition coefficient (Wildman–Crippen LogP) is 3.26. The normalized spacial score (nSPS) is 10.6. The predicted molar refractivity (Wildman–Crippen MR) is 90.3 cm³/mol. The van der Waals surface area contributed by atoms with Crippen molar-refractivity contribution >= 4 is 16.5 Å². The first-order chi connectivity index (χ1) is 11.5. The van der Waals surface area contributed by atoms with Gasteiger partial charge in [0.2, 0.25) is 5.69 Å². The van der Waals surface area contributed by atoms with E-state index in [1.165, 1.54) is 6.07 Å². The Labute approximate surface area is 139 Å². The molecule has 1 aromatic heterocycles. The Hall–Kier alpha value is -3.15. The van der Waals surface area contributed by atoms with Crippen molar-refractivity contribution in [3.05, 3.63) is 58.8 Å². The van der Waals surface area contributed by atoms with Crippen LogP contribution in [0.5, 0.6) is 11.5 Å². The summed E-state index contributed by atoms with van der Waals surface area (Å²) in [6.07, 6.45) is 1.96. The molecule has 122 valence electrons. The minimum atomic E-state index is -0.390. The lowest BCUT2D eigenvalue weighted by molar-refractivity contribution is -0.659. The highest BCUT2D eigenvalue weighted by atomic mass is 16.6. The number of aryl methyl sites for hydroxylation is 1. The lowest BCUT2D eigenvalue weighted by Gasteiger charge is -2.09. The minimum absolute atomic E-state index is 0.0694. The fourth-order valence-corrected chi connectivity index (χ4v) is 2.74. The molecule has 0 aliphatic rings. The van der Waals surface area contributed by atoms with Crippen molar-refractivity contribution in [3.8, 4) is 22.8 Å². The number of hydrogen-bond acceptors (Lipinski definition) is 4. The van der Waals surface area contributed by atoms with E-state index in [0.29, 0.717) is 11.5 Å². The molecule has 6 heteroatoms. The van der Waals surface area contributed by atoms with Crippen LogP contribution in [-0.4, -0.2) is 19.1 Å². The van der Waals surface area contributed by atoms with Gasteiger partial charge in [0.25, 0.3) is 5.69 Å². The van der Waals surface area contributed by atoms with E-state index in [1.807, 2.05) is 42.1 Å². The zero-order chi connectivity index (χ0) is 17.3. The number of rotatable bonds is 4. The summed E-state index contributed by atoms with van der Waals surface area (Å²) in [5.74, 6) is 1.30. The van der Waals surface area contributed by atoms with Crippen molar-refractivity contribution < 1.29 is 19.0 Å². The molecule has 3 aromatic rings. The fraction of sp³-hybridized carbons (Fsp3) is 0.167. The van der Waals surface area contributed by atoms with Crippen LogP contribution in [0, 0.1) is 10.1 Å². The Morgan fingerprint density at radius 3 is 2.29 bits per heavy atom. The van der Waals surface area contributed by atoms with E-state index in [1.54, 1.807) is 26.4 Å². The van der Waals surface area contributed by atoms with Crippen LogP contribution in [0.4, 0.5) is 5.69 Å². The minimum Gasteiger partial charge on any atom is -0.493 e. The summed E-state index contributed by atoms with van der Waals surface area (Å²) in [6, 6.07) is 12.4. The number of nitro groups is 1. The largest absolute Gasteiger partial charge is 0.493 e. The van der Waals surface area contributed by atoms with Gasteiger partial charge < -0.3 is 9.47 Å². The van der Waals surface area contributed by atoms with Gasteiger partial charge in [-0.3, -0.25) is 10.1 Å². The zero-order valence-electron chi connectivity index (χ0n) is 13.6. The van der Waals surface area contributed by atoms with Crippen LogP contribution in [-0.2, 0) is 7.05 Å². The maximum Gasteiger partial charge on any atom is 0.270 e. The standard InChI is InChI=1S/C18H17N2O4/c1-19-11-14-10-18(24-3)17(23-2)9-13(14)8-16(19)12-5-4-6-15(7-12)20(21)22/h4-11H,1-3H3/q+1. The Kier molecular flexibility index (Phi) is 4.04. The van der Waals surface area contributed by atoms with E-state index in [9.17, 15) is 10.1 Å². The topological polar surface area (TPSA) is 65.5 Å². The van der Waals surface area contributed by atoms with Crippen molar-refractivity contribution in [1.82, 2.24) is 0 Å². The van der Waals surface area contributed by atoms with E-state index in [4.69, 9.17) is 9.47 Å². The van der Waals surface area contributed by atoms with E-state index in [0.717, 1.165) is 22.0 Å². The summed E-state index contributed by atoms with van der Waals surface area (Å²) in [6.45, 7) is 0. The van der Waals surface area contributed by atoms with Crippen LogP contribution in [0.25, 0.3) is 22.0 Å². The highest BCUT2D eigenvalue weighted by molar-refractivity contribution is 5.87. The maximum absolute atomic E-state index is 11.0. The molecule has 6 nitrogen and oxygen atoms in total. The fourth-order valence-electron chi connectivity index (χ4n) is 2.74. The van der Waals surface area contributed by atoms with Crippen LogP contribution >= 0.6 is 0 Å². The van der Waals surface area contributed by atoms with Gasteiger partial charge in [0.05, 0.1) is 24.7 Å². The van der Waals surface area contributed by atoms with E-state index >= 15 is 0 Å². The van der Waals surface area contributed by atoms with Crippen molar-refractivity contribution in [2.75, 3.05) is 14.2 Å². The number of fused-ring (bicyclic) bond motifs is 1. The second-order valence-electron chi connectivity index (χ2n) is 5.41. The van der Waals surface area contributed by atoms with Crippen LogP contribution in [0.15, 0.2) is 48.7 Å². The summed E-state index contributed by atoms with van der Waals surface area (Å²) >= 11 is 0. The number of pyridine rings is 1. The smallest absolute Gasteiger partial charge is 0.270 e. The SMILES string of the molecule is COc1cc2cc(-c3cccc([N+](=O)[O-])c3)[n+](C)cc2cc1OC. The third kappa shape index (κ3) is 2.74. The number of nitro benzene ring substituents is 1. The Morgan fingerprint density at radius 1 is 1.00 bits per heavy atom. The average Bonchev–Trinajstić information content (AvgIpc) is 2.60. The molecule has 0 aliphatic carbocycles. The Bertz CT molecular complexity index is 938. The lowest BCUT2D eigenvalue weighted by atomic mass is 10.1. The summed E-state index contributed by atoms with van der Waals surface area (Å²) in [5, 5.41) is 13.0. The molecule has 24 heavy (non-hydrogen) atoms. The quantitative estimate of drug-likeness (QED) is 0.419. The summed E-state index contributed by atoms with van der Waals surface area (Å²) in [7, 11) is 5.10. The molecule has 0 amide bonds. The third-order valence-electron chi connectivity index (χ3n) is 3.95. The van der Waals surface area contributed by atoms with Gasteiger partial charge in [-0.05, 0) is 23.6 Å². The average molecular weight is 325 g/mol. The molecule has 0 fully saturated rings. The second-order valence-corrected chi connectivity index (χ2v) is 5.41. The molecule has 0 saturated carbocycles. The summed E-state index contributed by atoms with van der Waals surface area (Å²) in [4.78, 5) is 10.6. The molecule has 0 spiro atoms. The number of nitrogens with zero attached hydrogens (tertiary/aromatic N) is 2. The summed E-state index contributed by atoms with van der Waals surface area (Å²) in [5.41, 5.74) is 1.72. The van der Waals surface area contributed by atoms with Gasteiger partial charge in [0.1, 0.15) is 7.05 Å². The molecule has 1 heterocycles. The van der Waals surface area contributed by atoms with Crippen LogP contribution < -0.4 is 14.0 Å². The van der Waals surface area contributed by atoms with Gasteiger partial charge in [-0.1, -0.05) is 6.07 Å². The first-order valence-corrected chi connectivity index (χ1v) is 7.33. The number of ether oxygens (including phenoxy) is 2. The summed E-state index contributed by atoms with van der Waals surface area (Å²) < 4.78 is 12.6. The van der Waals surface area contributed by atoms with Crippen molar-refractivity contribution in [2.45, 2.75) is 0 Å². The number of benzene rings is 2. The molecule has 3 rings (SSSR count). The van der Waals surface area contributed by atoms with Gasteiger partial charge in [0, 0.05) is 23.6 Å². The van der Waals surface area contributed by atoms with Gasteiger partial charge in [-0.25, -0.2) is 4.57 Å². The number of hydrogen-bond donors (Lipinski definition) is 0. The highest BCUT2D eigenvalue weighted by Crippen LogP contribution is 2.33. The lowest BCUT2D eigenvalue weighted by Crippen LogP contribution is -2.30. The van der Waals surface area contributed by atoms with E-state index < -0.39 is 4.92 Å². The molecule has 0 saturated heterocycles. The van der Waals surface area contributed by atoms with Crippen LogP contribution in [0.3, 0.4) is 0 Å². The van der Waals surface area contributed by atoms with Crippen LogP contribution in [0.2, 0.25) is 0 Å². The first-order valence-electron chi connectivity index (χ1n) is 7.33. The second kappa shape index (κ2) is 6.16. The van der Waals surface area contributed by atoms with Gasteiger partial charge >= 0.3 is 0 Å². The molecule has 0 bridgehead atoms. The Morgan fingerprint density at radius 2 is 1.67 bits per heavy atom. The third-order valence-corrected chi connectivity index (χ3v) is 3.95. The van der Waals surface area contributed by atoms with E-state index in [2.05, 4.69) is 0 Å². The number of methoxy groups -OCH3 is 2. The molecular weight excluding hydrogens is 308 g/mol. The molecule has 0 aliphatic heterocycles. The molecular formula is C18H17N2O4+. The maximum atomic E-state index is 11.0. The number of non-ortho nitro benzene ring substituents is 1. The van der Waals surface area contributed by atoms with Gasteiger partial charge in [-0.15, -0.1) is 0 Å². The molecule has 2 aromatic carbocycles. The first kappa shape index (κ1) is 15.7. The highest BCUT2D eigenvalue weighted by Gasteiger charge is 2.17. The van der Waals surface area contributed by atoms with E-state index in [-0.39, 0.29) is 5.69 Å². The molecule has 0 atom stereocenters. The molecule has 0 unspecified atom stereocenters. The van der Waals surface area contributed by atoms with Gasteiger partial charge in [-0.2, -0.15) is 0 Å².